The largest absolute Gasteiger partial charge is 0.316 e. The summed E-state index contributed by atoms with van der Waals surface area (Å²) in [6, 6.07) is 2.07. The maximum Gasteiger partial charge on any atom is 0.235 e. The van der Waals surface area contributed by atoms with E-state index in [1.165, 1.54) is 24.2 Å². The second-order valence-corrected chi connectivity index (χ2v) is 8.10. The maximum atomic E-state index is 12.3. The van der Waals surface area contributed by atoms with Crippen LogP contribution in [-0.4, -0.2) is 27.4 Å². The van der Waals surface area contributed by atoms with E-state index in [1.807, 2.05) is 6.92 Å². The number of Topliss-reactive ketones (excluding diaryl/α,β-unsaturated/α-hetero) is 1. The molecule has 0 saturated heterocycles. The molecular weight excluding hydrogens is 368 g/mol. The van der Waals surface area contributed by atoms with Gasteiger partial charge in [-0.2, -0.15) is 5.26 Å². The predicted molar refractivity (Wildman–Crippen MR) is 102 cm³/mol. The molecule has 0 spiro atoms. The van der Waals surface area contributed by atoms with Gasteiger partial charge in [0.1, 0.15) is 11.1 Å². The van der Waals surface area contributed by atoms with E-state index >= 15 is 0 Å². The summed E-state index contributed by atoms with van der Waals surface area (Å²) in [5.41, 5.74) is 4.28. The standard InChI is InChI=1S/C18H18N4O2S2/c1-9-13(7-19)17(26-16(9)11(3)23)22-15(24)8-25-18-20-10(2)12-5-4-6-14(12)21-18/h4-6,8H2,1-3H3,(H,22,24). The molecule has 0 fully saturated rings. The number of carbonyl (C=O) groups is 2. The minimum atomic E-state index is -0.246. The van der Waals surface area contributed by atoms with Crippen LogP contribution in [0.25, 0.3) is 0 Å². The van der Waals surface area contributed by atoms with Crippen molar-refractivity contribution in [3.05, 3.63) is 33.0 Å². The molecule has 1 aliphatic rings. The van der Waals surface area contributed by atoms with Crippen molar-refractivity contribution in [2.24, 2.45) is 0 Å². The molecule has 0 saturated carbocycles. The fourth-order valence-corrected chi connectivity index (χ4v) is 4.80. The third-order valence-corrected chi connectivity index (χ3v) is 6.44. The van der Waals surface area contributed by atoms with Crippen molar-refractivity contribution >= 4 is 39.8 Å². The van der Waals surface area contributed by atoms with Crippen molar-refractivity contribution in [1.29, 1.82) is 5.26 Å². The highest BCUT2D eigenvalue weighted by molar-refractivity contribution is 7.99. The van der Waals surface area contributed by atoms with Crippen LogP contribution in [0, 0.1) is 25.2 Å². The number of aromatic nitrogens is 2. The number of aryl methyl sites for hydroxylation is 2. The summed E-state index contributed by atoms with van der Waals surface area (Å²) in [4.78, 5) is 33.4. The van der Waals surface area contributed by atoms with Gasteiger partial charge in [-0.15, -0.1) is 11.3 Å². The Morgan fingerprint density at radius 2 is 2.08 bits per heavy atom. The van der Waals surface area contributed by atoms with E-state index < -0.39 is 0 Å². The highest BCUT2D eigenvalue weighted by atomic mass is 32.2. The number of nitrogens with one attached hydrogen (secondary N) is 1. The molecule has 2 heterocycles. The monoisotopic (exact) mass is 386 g/mol. The Kier molecular flexibility index (Phi) is 5.39. The van der Waals surface area contributed by atoms with Crippen LogP contribution in [-0.2, 0) is 17.6 Å². The van der Waals surface area contributed by atoms with Crippen LogP contribution in [0.3, 0.4) is 0 Å². The van der Waals surface area contributed by atoms with E-state index in [-0.39, 0.29) is 17.4 Å². The Morgan fingerprint density at radius 1 is 1.31 bits per heavy atom. The van der Waals surface area contributed by atoms with Gasteiger partial charge >= 0.3 is 0 Å². The quantitative estimate of drug-likeness (QED) is 0.480. The molecule has 0 atom stereocenters. The molecule has 26 heavy (non-hydrogen) atoms. The van der Waals surface area contributed by atoms with Crippen molar-refractivity contribution in [1.82, 2.24) is 9.97 Å². The first-order valence-corrected chi connectivity index (χ1v) is 10.0. The minimum absolute atomic E-state index is 0.110. The average molecular weight is 387 g/mol. The highest BCUT2D eigenvalue weighted by Crippen LogP contribution is 2.33. The van der Waals surface area contributed by atoms with Crippen molar-refractivity contribution < 1.29 is 9.59 Å². The van der Waals surface area contributed by atoms with Crippen LogP contribution in [0.4, 0.5) is 5.00 Å². The number of carbonyl (C=O) groups excluding carboxylic acids is 2. The first-order chi connectivity index (χ1) is 12.4. The second-order valence-electron chi connectivity index (χ2n) is 6.14. The fraction of sp³-hybridized carbons (Fsp3) is 0.389. The lowest BCUT2D eigenvalue weighted by atomic mass is 10.1. The number of nitriles is 1. The maximum absolute atomic E-state index is 12.3. The lowest BCUT2D eigenvalue weighted by Gasteiger charge is -2.07. The lowest BCUT2D eigenvalue weighted by molar-refractivity contribution is -0.113. The molecular formula is C18H18N4O2S2. The minimum Gasteiger partial charge on any atom is -0.316 e. The number of hydrogen-bond donors (Lipinski definition) is 1. The number of amides is 1. The zero-order valence-electron chi connectivity index (χ0n) is 14.8. The number of hydrogen-bond acceptors (Lipinski definition) is 7. The van der Waals surface area contributed by atoms with E-state index in [9.17, 15) is 14.9 Å². The van der Waals surface area contributed by atoms with Gasteiger partial charge in [0, 0.05) is 11.4 Å². The smallest absolute Gasteiger partial charge is 0.235 e. The first-order valence-electron chi connectivity index (χ1n) is 8.24. The topological polar surface area (TPSA) is 95.7 Å². The molecule has 134 valence electrons. The van der Waals surface area contributed by atoms with Crippen molar-refractivity contribution in [2.75, 3.05) is 11.1 Å². The summed E-state index contributed by atoms with van der Waals surface area (Å²) in [5, 5.41) is 13.1. The van der Waals surface area contributed by atoms with Gasteiger partial charge in [-0.25, -0.2) is 9.97 Å². The van der Waals surface area contributed by atoms with Crippen LogP contribution in [0.5, 0.6) is 0 Å². The zero-order chi connectivity index (χ0) is 18.8. The molecule has 8 heteroatoms. The van der Waals surface area contributed by atoms with Gasteiger partial charge in [-0.1, -0.05) is 11.8 Å². The molecule has 3 rings (SSSR count). The van der Waals surface area contributed by atoms with Gasteiger partial charge < -0.3 is 5.32 Å². The summed E-state index contributed by atoms with van der Waals surface area (Å²) in [5.74, 6) is -0.208. The summed E-state index contributed by atoms with van der Waals surface area (Å²) >= 11 is 2.42. The summed E-state index contributed by atoms with van der Waals surface area (Å²) in [6.07, 6.45) is 3.10. The summed E-state index contributed by atoms with van der Waals surface area (Å²) in [7, 11) is 0. The number of rotatable bonds is 5. The molecule has 2 aromatic heterocycles. The number of fused-ring (bicyclic) bond motifs is 1. The molecule has 0 bridgehead atoms. The Labute approximate surface area is 160 Å². The van der Waals surface area contributed by atoms with Gasteiger partial charge in [0.15, 0.2) is 10.9 Å². The van der Waals surface area contributed by atoms with Crippen LogP contribution < -0.4 is 5.32 Å². The van der Waals surface area contributed by atoms with Crippen LogP contribution in [0.2, 0.25) is 0 Å². The molecule has 6 nitrogen and oxygen atoms in total. The van der Waals surface area contributed by atoms with Gasteiger partial charge in [0.05, 0.1) is 16.2 Å². The molecule has 0 aliphatic heterocycles. The zero-order valence-corrected chi connectivity index (χ0v) is 16.4. The van der Waals surface area contributed by atoms with Crippen molar-refractivity contribution in [2.45, 2.75) is 45.2 Å². The fourth-order valence-electron chi connectivity index (χ4n) is 3.02. The van der Waals surface area contributed by atoms with E-state index in [0.717, 1.165) is 42.0 Å². The van der Waals surface area contributed by atoms with Crippen LogP contribution in [0.15, 0.2) is 5.16 Å². The van der Waals surface area contributed by atoms with Gasteiger partial charge in [-0.05, 0) is 51.2 Å². The van der Waals surface area contributed by atoms with E-state index in [2.05, 4.69) is 21.4 Å². The summed E-state index contributed by atoms with van der Waals surface area (Å²) in [6.45, 7) is 5.15. The molecule has 1 aliphatic carbocycles. The highest BCUT2D eigenvalue weighted by Gasteiger charge is 2.20. The van der Waals surface area contributed by atoms with Crippen molar-refractivity contribution in [3.8, 4) is 6.07 Å². The Balaban J connectivity index is 1.69. The Morgan fingerprint density at radius 3 is 2.77 bits per heavy atom. The SMILES string of the molecule is CC(=O)c1sc(NC(=O)CSc2nc(C)c3c(n2)CCC3)c(C#N)c1C. The number of ketones is 1. The first kappa shape index (κ1) is 18.5. The third kappa shape index (κ3) is 3.64. The second kappa shape index (κ2) is 7.56. The number of nitrogens with zero attached hydrogens (tertiary/aromatic N) is 3. The van der Waals surface area contributed by atoms with Crippen LogP contribution in [0.1, 0.15) is 51.1 Å². The summed E-state index contributed by atoms with van der Waals surface area (Å²) < 4.78 is 0. The normalized spacial score (nSPS) is 12.5. The van der Waals surface area contributed by atoms with E-state index in [4.69, 9.17) is 0 Å². The molecule has 2 aromatic rings. The molecule has 0 radical (unpaired) electrons. The molecule has 1 N–H and O–H groups in total. The van der Waals surface area contributed by atoms with Gasteiger partial charge in [0.2, 0.25) is 5.91 Å². The third-order valence-electron chi connectivity index (χ3n) is 4.28. The molecule has 1 amide bonds. The molecule has 0 aromatic carbocycles. The van der Waals surface area contributed by atoms with Gasteiger partial charge in [-0.3, -0.25) is 9.59 Å². The average Bonchev–Trinajstić information content (AvgIpc) is 3.17. The predicted octanol–water partition coefficient (Wildman–Crippen LogP) is 3.45. The Bertz CT molecular complexity index is 944. The number of thiophene rings is 1. The Hall–Kier alpha value is -2.24. The molecule has 0 unspecified atom stereocenters. The lowest BCUT2D eigenvalue weighted by Crippen LogP contribution is -2.14. The number of anilines is 1. The van der Waals surface area contributed by atoms with E-state index in [1.54, 1.807) is 6.92 Å². The number of thioether (sulfide) groups is 1. The van der Waals surface area contributed by atoms with Gasteiger partial charge in [0.25, 0.3) is 0 Å². The van der Waals surface area contributed by atoms with E-state index in [0.29, 0.717) is 26.2 Å². The van der Waals surface area contributed by atoms with Crippen molar-refractivity contribution in [3.63, 3.8) is 0 Å². The van der Waals surface area contributed by atoms with Crippen LogP contribution >= 0.6 is 23.1 Å².